The SMILES string of the molecule is C=C1C=CC(Br)=CN1/C(=C\C)c1ccc(C#N)cc1. The van der Waals surface area contributed by atoms with Crippen molar-refractivity contribution in [2.24, 2.45) is 0 Å². The summed E-state index contributed by atoms with van der Waals surface area (Å²) < 4.78 is 0.993. The van der Waals surface area contributed by atoms with Gasteiger partial charge in [0, 0.05) is 22.1 Å². The van der Waals surface area contributed by atoms with Crippen molar-refractivity contribution < 1.29 is 0 Å². The lowest BCUT2D eigenvalue weighted by Crippen LogP contribution is -2.15. The highest BCUT2D eigenvalue weighted by molar-refractivity contribution is 9.11. The third-order valence-electron chi connectivity index (χ3n) is 2.84. The molecule has 1 heterocycles. The Morgan fingerprint density at radius 2 is 2.00 bits per heavy atom. The topological polar surface area (TPSA) is 27.0 Å². The van der Waals surface area contributed by atoms with E-state index in [4.69, 9.17) is 5.26 Å². The molecule has 0 aromatic heterocycles. The minimum absolute atomic E-state index is 0.660. The molecule has 2 rings (SSSR count). The molecule has 19 heavy (non-hydrogen) atoms. The molecule has 1 aromatic rings. The quantitative estimate of drug-likeness (QED) is 0.801. The Balaban J connectivity index is 2.38. The van der Waals surface area contributed by atoms with Crippen LogP contribution in [0.1, 0.15) is 18.1 Å². The number of benzene rings is 1. The van der Waals surface area contributed by atoms with E-state index in [0.29, 0.717) is 5.56 Å². The zero-order valence-corrected chi connectivity index (χ0v) is 12.2. The maximum atomic E-state index is 8.84. The van der Waals surface area contributed by atoms with Crippen molar-refractivity contribution in [3.8, 4) is 6.07 Å². The number of hydrogen-bond donors (Lipinski definition) is 0. The van der Waals surface area contributed by atoms with Crippen LogP contribution in [0.25, 0.3) is 5.70 Å². The second-order valence-corrected chi connectivity index (χ2v) is 4.99. The van der Waals surface area contributed by atoms with Gasteiger partial charge in [0.25, 0.3) is 0 Å². The van der Waals surface area contributed by atoms with E-state index in [0.717, 1.165) is 21.4 Å². The van der Waals surface area contributed by atoms with E-state index in [1.165, 1.54) is 0 Å². The van der Waals surface area contributed by atoms with Crippen molar-refractivity contribution in [3.63, 3.8) is 0 Å². The van der Waals surface area contributed by atoms with Gasteiger partial charge in [-0.15, -0.1) is 0 Å². The molecule has 1 aliphatic heterocycles. The first-order valence-electron chi connectivity index (χ1n) is 5.86. The summed E-state index contributed by atoms with van der Waals surface area (Å²) in [5.74, 6) is 0. The van der Waals surface area contributed by atoms with E-state index in [2.05, 4.69) is 28.6 Å². The number of nitriles is 1. The average Bonchev–Trinajstić information content (AvgIpc) is 2.44. The first-order chi connectivity index (χ1) is 9.15. The van der Waals surface area contributed by atoms with Crippen LogP contribution in [-0.4, -0.2) is 4.90 Å². The molecule has 0 bridgehead atoms. The van der Waals surface area contributed by atoms with Gasteiger partial charge < -0.3 is 4.90 Å². The molecule has 0 amide bonds. The van der Waals surface area contributed by atoms with Gasteiger partial charge in [0.1, 0.15) is 0 Å². The standard InChI is InChI=1S/C16H13BrN2/c1-3-16(14-7-5-13(10-18)6-8-14)19-11-15(17)9-4-12(19)2/h3-9,11H,2H2,1H3/b16-3-. The van der Waals surface area contributed by atoms with Crippen LogP contribution < -0.4 is 0 Å². The lowest BCUT2D eigenvalue weighted by molar-refractivity contribution is 0.675. The fourth-order valence-electron chi connectivity index (χ4n) is 1.89. The van der Waals surface area contributed by atoms with Crippen molar-refractivity contribution in [1.29, 1.82) is 5.26 Å². The largest absolute Gasteiger partial charge is 0.316 e. The van der Waals surface area contributed by atoms with Crippen molar-refractivity contribution in [3.05, 3.63) is 76.6 Å². The maximum absolute atomic E-state index is 8.84. The third-order valence-corrected chi connectivity index (χ3v) is 3.31. The van der Waals surface area contributed by atoms with Crippen LogP contribution in [0.5, 0.6) is 0 Å². The summed E-state index contributed by atoms with van der Waals surface area (Å²) in [7, 11) is 0. The van der Waals surface area contributed by atoms with Crippen molar-refractivity contribution in [2.45, 2.75) is 6.92 Å². The molecule has 0 radical (unpaired) electrons. The Labute approximate surface area is 121 Å². The van der Waals surface area contributed by atoms with Gasteiger partial charge in [0.15, 0.2) is 0 Å². The summed E-state index contributed by atoms with van der Waals surface area (Å²) >= 11 is 3.47. The van der Waals surface area contributed by atoms with Crippen LogP contribution in [0.2, 0.25) is 0 Å². The average molecular weight is 313 g/mol. The lowest BCUT2D eigenvalue weighted by atomic mass is 10.1. The van der Waals surface area contributed by atoms with Crippen LogP contribution in [0.3, 0.4) is 0 Å². The Morgan fingerprint density at radius 1 is 1.32 bits per heavy atom. The number of rotatable bonds is 2. The Bertz CT molecular complexity index is 628. The zero-order chi connectivity index (χ0) is 13.8. The second kappa shape index (κ2) is 5.73. The normalized spacial score (nSPS) is 15.2. The van der Waals surface area contributed by atoms with E-state index in [-0.39, 0.29) is 0 Å². The van der Waals surface area contributed by atoms with E-state index in [1.54, 1.807) is 0 Å². The monoisotopic (exact) mass is 312 g/mol. The Hall–Kier alpha value is -2.05. The van der Waals surface area contributed by atoms with Crippen molar-refractivity contribution in [1.82, 2.24) is 4.90 Å². The molecule has 1 aliphatic rings. The van der Waals surface area contributed by atoms with Crippen LogP contribution in [0.15, 0.2) is 65.5 Å². The molecule has 3 heteroatoms. The number of halogens is 1. The van der Waals surface area contributed by atoms with Crippen LogP contribution in [0, 0.1) is 11.3 Å². The molecule has 0 N–H and O–H groups in total. The van der Waals surface area contributed by atoms with Crippen LogP contribution in [-0.2, 0) is 0 Å². The molecule has 94 valence electrons. The summed E-state index contributed by atoms with van der Waals surface area (Å²) in [4.78, 5) is 2.02. The predicted molar refractivity (Wildman–Crippen MR) is 81.9 cm³/mol. The van der Waals surface area contributed by atoms with Crippen LogP contribution >= 0.6 is 15.9 Å². The van der Waals surface area contributed by atoms with Gasteiger partial charge in [-0.2, -0.15) is 5.26 Å². The molecule has 0 fully saturated rings. The minimum Gasteiger partial charge on any atom is -0.316 e. The molecule has 0 saturated heterocycles. The maximum Gasteiger partial charge on any atom is 0.0991 e. The van der Waals surface area contributed by atoms with Gasteiger partial charge in [-0.05, 0) is 52.7 Å². The van der Waals surface area contributed by atoms with E-state index < -0.39 is 0 Å². The summed E-state index contributed by atoms with van der Waals surface area (Å²) in [6, 6.07) is 9.66. The van der Waals surface area contributed by atoms with Crippen molar-refractivity contribution in [2.75, 3.05) is 0 Å². The van der Waals surface area contributed by atoms with Gasteiger partial charge in [-0.3, -0.25) is 0 Å². The van der Waals surface area contributed by atoms with Crippen molar-refractivity contribution >= 4 is 21.6 Å². The second-order valence-electron chi connectivity index (χ2n) is 4.07. The molecule has 0 spiro atoms. The summed E-state index contributed by atoms with van der Waals surface area (Å²) in [5.41, 5.74) is 3.65. The van der Waals surface area contributed by atoms with E-state index >= 15 is 0 Å². The minimum atomic E-state index is 0.660. The highest BCUT2D eigenvalue weighted by Gasteiger charge is 2.13. The Morgan fingerprint density at radius 3 is 2.58 bits per heavy atom. The molecule has 0 atom stereocenters. The molecular weight excluding hydrogens is 300 g/mol. The molecule has 1 aromatic carbocycles. The van der Waals surface area contributed by atoms with E-state index in [1.807, 2.05) is 60.5 Å². The first kappa shape index (κ1) is 13.4. The molecule has 0 aliphatic carbocycles. The number of allylic oxidation sites excluding steroid dienone is 4. The van der Waals surface area contributed by atoms with Gasteiger partial charge in [-0.1, -0.05) is 24.8 Å². The molecule has 0 unspecified atom stereocenters. The fourth-order valence-corrected chi connectivity index (χ4v) is 2.23. The summed E-state index contributed by atoms with van der Waals surface area (Å²) in [6.07, 6.45) is 7.93. The van der Waals surface area contributed by atoms with Gasteiger partial charge in [0.2, 0.25) is 0 Å². The molecule has 2 nitrogen and oxygen atoms in total. The predicted octanol–water partition coefficient (Wildman–Crippen LogP) is 4.54. The highest BCUT2D eigenvalue weighted by Crippen LogP contribution is 2.29. The lowest BCUT2D eigenvalue weighted by Gasteiger charge is -2.27. The Kier molecular flexibility index (Phi) is 4.03. The first-order valence-corrected chi connectivity index (χ1v) is 6.65. The molecule has 0 saturated carbocycles. The fraction of sp³-hybridized carbons (Fsp3) is 0.0625. The van der Waals surface area contributed by atoms with Gasteiger partial charge in [-0.25, -0.2) is 0 Å². The molecular formula is C16H13BrN2. The van der Waals surface area contributed by atoms with E-state index in [9.17, 15) is 0 Å². The third kappa shape index (κ3) is 2.86. The summed E-state index contributed by atoms with van der Waals surface area (Å²) in [5, 5.41) is 8.84. The summed E-state index contributed by atoms with van der Waals surface area (Å²) in [6.45, 7) is 6.03. The number of hydrogen-bond acceptors (Lipinski definition) is 2. The zero-order valence-electron chi connectivity index (χ0n) is 10.6. The van der Waals surface area contributed by atoms with Gasteiger partial charge >= 0.3 is 0 Å². The number of nitrogens with zero attached hydrogens (tertiary/aromatic N) is 2. The van der Waals surface area contributed by atoms with Crippen LogP contribution in [0.4, 0.5) is 0 Å². The highest BCUT2D eigenvalue weighted by atomic mass is 79.9. The van der Waals surface area contributed by atoms with Gasteiger partial charge in [0.05, 0.1) is 11.6 Å². The smallest absolute Gasteiger partial charge is 0.0991 e.